The molecule has 81 valence electrons. The number of hydrogen-bond acceptors (Lipinski definition) is 2. The van der Waals surface area contributed by atoms with Gasteiger partial charge < -0.3 is 9.47 Å². The highest BCUT2D eigenvalue weighted by Crippen LogP contribution is 2.27. The van der Waals surface area contributed by atoms with Gasteiger partial charge in [0.1, 0.15) is 0 Å². The minimum absolute atomic E-state index is 0.524. The van der Waals surface area contributed by atoms with Gasteiger partial charge in [-0.05, 0) is 37.8 Å². The van der Waals surface area contributed by atoms with Crippen LogP contribution >= 0.6 is 0 Å². The van der Waals surface area contributed by atoms with Gasteiger partial charge in [0.05, 0.1) is 11.5 Å². The van der Waals surface area contributed by atoms with Gasteiger partial charge in [-0.15, -0.1) is 0 Å². The summed E-state index contributed by atoms with van der Waals surface area (Å²) < 4.78 is 11.2. The molecular weight excluding hydrogens is 188 g/mol. The van der Waals surface area contributed by atoms with Gasteiger partial charge in [-0.2, -0.15) is 0 Å². The number of hydrogen-bond donors (Lipinski definition) is 0. The Labute approximate surface area is 91.3 Å². The molecule has 0 aliphatic heterocycles. The van der Waals surface area contributed by atoms with Crippen LogP contribution in [0.25, 0.3) is 0 Å². The van der Waals surface area contributed by atoms with Crippen LogP contribution in [0.3, 0.4) is 0 Å². The zero-order valence-electron chi connectivity index (χ0n) is 9.00. The minimum atomic E-state index is 0.524. The van der Waals surface area contributed by atoms with Crippen LogP contribution in [-0.4, -0.2) is 0 Å². The summed E-state index contributed by atoms with van der Waals surface area (Å²) in [6, 6.07) is 0. The van der Waals surface area contributed by atoms with Crippen molar-refractivity contribution >= 4 is 0 Å². The molecular formula is C13H17O2. The zero-order chi connectivity index (χ0) is 10.5. The monoisotopic (exact) mass is 205 g/mol. The van der Waals surface area contributed by atoms with E-state index in [0.717, 1.165) is 37.2 Å². The maximum Gasteiger partial charge on any atom is 0.354 e. The average molecular weight is 205 g/mol. The predicted molar refractivity (Wildman–Crippen MR) is 59.5 cm³/mol. The molecule has 0 amide bonds. The van der Waals surface area contributed by atoms with Gasteiger partial charge in [0.2, 0.25) is 0 Å². The van der Waals surface area contributed by atoms with Crippen LogP contribution in [0.4, 0.5) is 0 Å². The fraction of sp³-hybridized carbons (Fsp3) is 0.462. The molecule has 0 aromatic carbocycles. The molecule has 0 N–H and O–H groups in total. The van der Waals surface area contributed by atoms with E-state index < -0.39 is 0 Å². The van der Waals surface area contributed by atoms with E-state index in [4.69, 9.17) is 9.47 Å². The molecule has 0 saturated heterocycles. The van der Waals surface area contributed by atoms with Crippen LogP contribution in [0.2, 0.25) is 0 Å². The quantitative estimate of drug-likeness (QED) is 0.679. The van der Waals surface area contributed by atoms with Crippen molar-refractivity contribution in [1.29, 1.82) is 0 Å². The molecule has 2 aliphatic carbocycles. The first-order valence-electron chi connectivity index (χ1n) is 5.61. The summed E-state index contributed by atoms with van der Waals surface area (Å²) in [4.78, 5) is 0. The van der Waals surface area contributed by atoms with Gasteiger partial charge >= 0.3 is 6.29 Å². The van der Waals surface area contributed by atoms with E-state index in [1.807, 2.05) is 0 Å². The van der Waals surface area contributed by atoms with E-state index >= 15 is 0 Å². The highest BCUT2D eigenvalue weighted by Gasteiger charge is 2.17. The molecule has 2 heteroatoms. The Kier molecular flexibility index (Phi) is 3.49. The molecule has 2 nitrogen and oxygen atoms in total. The molecule has 0 bridgehead atoms. The summed E-state index contributed by atoms with van der Waals surface area (Å²) in [5.74, 6) is 2.03. The van der Waals surface area contributed by atoms with E-state index in [-0.39, 0.29) is 0 Å². The molecule has 0 aromatic rings. The van der Waals surface area contributed by atoms with E-state index in [1.54, 1.807) is 6.08 Å². The van der Waals surface area contributed by atoms with Crippen molar-refractivity contribution in [3.63, 3.8) is 0 Å². The Balaban J connectivity index is 1.83. The Morgan fingerprint density at radius 3 is 1.93 bits per heavy atom. The van der Waals surface area contributed by atoms with Gasteiger partial charge in [-0.3, -0.25) is 0 Å². The maximum atomic E-state index is 5.62. The second-order valence-electron chi connectivity index (χ2n) is 3.85. The van der Waals surface area contributed by atoms with Crippen LogP contribution in [0.15, 0.2) is 36.3 Å². The molecule has 0 spiro atoms. The standard InChI is InChI=1S/C13H17O2/c1-2-13(14-11-7-3-4-8-11)15-12-9-5-6-10-12/h2,7,9H,1,3-6,8,10H2. The lowest BCUT2D eigenvalue weighted by atomic mass is 10.3. The summed E-state index contributed by atoms with van der Waals surface area (Å²) in [5.41, 5.74) is 0. The summed E-state index contributed by atoms with van der Waals surface area (Å²) in [6.07, 6.45) is 13.0. The van der Waals surface area contributed by atoms with E-state index in [0.29, 0.717) is 6.29 Å². The maximum absolute atomic E-state index is 5.62. The SMILES string of the molecule is C=C[C](OC1=CCCC1)OC1=CCCC1. The molecule has 2 aliphatic rings. The summed E-state index contributed by atoms with van der Waals surface area (Å²) >= 11 is 0. The van der Waals surface area contributed by atoms with Crippen molar-refractivity contribution < 1.29 is 9.47 Å². The average Bonchev–Trinajstić information content (AvgIpc) is 2.89. The van der Waals surface area contributed by atoms with Crippen molar-refractivity contribution in [2.75, 3.05) is 0 Å². The Hall–Kier alpha value is -1.18. The lowest BCUT2D eigenvalue weighted by Crippen LogP contribution is -2.04. The Morgan fingerprint density at radius 1 is 1.07 bits per heavy atom. The van der Waals surface area contributed by atoms with Crippen LogP contribution in [0, 0.1) is 6.29 Å². The molecule has 0 fully saturated rings. The fourth-order valence-electron chi connectivity index (χ4n) is 1.83. The minimum Gasteiger partial charge on any atom is -0.447 e. The van der Waals surface area contributed by atoms with Crippen LogP contribution < -0.4 is 0 Å². The Morgan fingerprint density at radius 2 is 1.60 bits per heavy atom. The Bertz CT molecular complexity index is 263. The topological polar surface area (TPSA) is 18.5 Å². The molecule has 0 unspecified atom stereocenters. The van der Waals surface area contributed by atoms with Gasteiger partial charge in [-0.25, -0.2) is 0 Å². The van der Waals surface area contributed by atoms with Crippen molar-refractivity contribution in [3.05, 3.63) is 42.6 Å². The molecule has 15 heavy (non-hydrogen) atoms. The second kappa shape index (κ2) is 5.06. The summed E-state index contributed by atoms with van der Waals surface area (Å²) in [7, 11) is 0. The van der Waals surface area contributed by atoms with Gasteiger partial charge in [-0.1, -0.05) is 6.58 Å². The van der Waals surface area contributed by atoms with Crippen LogP contribution in [0.5, 0.6) is 0 Å². The lowest BCUT2D eigenvalue weighted by Gasteiger charge is -2.16. The lowest BCUT2D eigenvalue weighted by molar-refractivity contribution is 0.0441. The number of allylic oxidation sites excluding steroid dienone is 4. The highest BCUT2D eigenvalue weighted by atomic mass is 16.7. The molecule has 1 radical (unpaired) electrons. The number of rotatable bonds is 5. The first-order valence-corrected chi connectivity index (χ1v) is 5.61. The third-order valence-electron chi connectivity index (χ3n) is 2.63. The largest absolute Gasteiger partial charge is 0.447 e. The third kappa shape index (κ3) is 2.88. The smallest absolute Gasteiger partial charge is 0.354 e. The molecule has 2 rings (SSSR count). The van der Waals surface area contributed by atoms with E-state index in [1.165, 1.54) is 12.8 Å². The predicted octanol–water partition coefficient (Wildman–Crippen LogP) is 3.83. The van der Waals surface area contributed by atoms with E-state index in [9.17, 15) is 0 Å². The second-order valence-corrected chi connectivity index (χ2v) is 3.85. The third-order valence-corrected chi connectivity index (χ3v) is 2.63. The number of ether oxygens (including phenoxy) is 2. The molecule has 0 heterocycles. The first-order chi connectivity index (χ1) is 7.38. The zero-order valence-corrected chi connectivity index (χ0v) is 9.00. The van der Waals surface area contributed by atoms with Gasteiger partial charge in [0.25, 0.3) is 0 Å². The van der Waals surface area contributed by atoms with Crippen molar-refractivity contribution in [2.45, 2.75) is 38.5 Å². The fourth-order valence-corrected chi connectivity index (χ4v) is 1.83. The normalized spacial score (nSPS) is 20.1. The summed E-state index contributed by atoms with van der Waals surface area (Å²) in [5, 5.41) is 0. The summed E-state index contributed by atoms with van der Waals surface area (Å²) in [6.45, 7) is 3.70. The van der Waals surface area contributed by atoms with Crippen LogP contribution in [-0.2, 0) is 9.47 Å². The molecule has 0 saturated carbocycles. The van der Waals surface area contributed by atoms with Crippen molar-refractivity contribution in [3.8, 4) is 0 Å². The van der Waals surface area contributed by atoms with Crippen molar-refractivity contribution in [1.82, 2.24) is 0 Å². The van der Waals surface area contributed by atoms with E-state index in [2.05, 4.69) is 18.7 Å². The van der Waals surface area contributed by atoms with Crippen molar-refractivity contribution in [2.24, 2.45) is 0 Å². The first kappa shape index (κ1) is 10.3. The van der Waals surface area contributed by atoms with Crippen LogP contribution in [0.1, 0.15) is 38.5 Å². The molecule has 0 atom stereocenters. The van der Waals surface area contributed by atoms with Gasteiger partial charge in [0.15, 0.2) is 0 Å². The molecule has 0 aromatic heterocycles. The van der Waals surface area contributed by atoms with Gasteiger partial charge in [0, 0.05) is 18.9 Å². The highest BCUT2D eigenvalue weighted by molar-refractivity contribution is 5.08.